The van der Waals surface area contributed by atoms with Gasteiger partial charge in [0.2, 0.25) is 5.95 Å². The molecule has 1 aromatic heterocycles. The van der Waals surface area contributed by atoms with Gasteiger partial charge in [-0.15, -0.1) is 11.8 Å². The fourth-order valence-corrected chi connectivity index (χ4v) is 3.84. The number of rotatable bonds is 2. The average molecular weight is 337 g/mol. The van der Waals surface area contributed by atoms with Gasteiger partial charge in [0.25, 0.3) is 0 Å². The standard InChI is InChI=1S/C19H16FN3S/c20-16-7-3-2-6-15(16)17-9-10-21-19(22-17)23-11-12-24-18-8-4-1-5-14(18)13-23/h1-10H,11-13H2. The molecule has 0 radical (unpaired) electrons. The van der Waals surface area contributed by atoms with E-state index in [-0.39, 0.29) is 5.82 Å². The summed E-state index contributed by atoms with van der Waals surface area (Å²) in [4.78, 5) is 12.5. The summed E-state index contributed by atoms with van der Waals surface area (Å²) < 4.78 is 14.0. The number of hydrogen-bond acceptors (Lipinski definition) is 4. The molecule has 1 aliphatic rings. The molecule has 2 aromatic carbocycles. The predicted molar refractivity (Wildman–Crippen MR) is 95.6 cm³/mol. The van der Waals surface area contributed by atoms with Crippen molar-refractivity contribution in [2.24, 2.45) is 0 Å². The van der Waals surface area contributed by atoms with Crippen molar-refractivity contribution in [1.29, 1.82) is 0 Å². The number of hydrogen-bond donors (Lipinski definition) is 0. The highest BCUT2D eigenvalue weighted by molar-refractivity contribution is 7.99. The highest BCUT2D eigenvalue weighted by Gasteiger charge is 2.17. The Bertz CT molecular complexity index is 868. The van der Waals surface area contributed by atoms with Crippen LogP contribution in [0.3, 0.4) is 0 Å². The molecule has 0 saturated carbocycles. The zero-order valence-corrected chi connectivity index (χ0v) is 13.8. The summed E-state index contributed by atoms with van der Waals surface area (Å²) in [5, 5.41) is 0. The lowest BCUT2D eigenvalue weighted by Crippen LogP contribution is -2.26. The van der Waals surface area contributed by atoms with E-state index >= 15 is 0 Å². The second-order valence-corrected chi connectivity index (χ2v) is 6.74. The normalized spacial score (nSPS) is 14.1. The highest BCUT2D eigenvalue weighted by Crippen LogP contribution is 2.29. The van der Waals surface area contributed by atoms with Crippen LogP contribution in [0.1, 0.15) is 5.56 Å². The first-order valence-corrected chi connectivity index (χ1v) is 8.83. The predicted octanol–water partition coefficient (Wildman–Crippen LogP) is 4.40. The van der Waals surface area contributed by atoms with Gasteiger partial charge >= 0.3 is 0 Å². The molecule has 24 heavy (non-hydrogen) atoms. The fraction of sp³-hybridized carbons (Fsp3) is 0.158. The number of aromatic nitrogens is 2. The van der Waals surface area contributed by atoms with E-state index in [0.717, 1.165) is 18.8 Å². The summed E-state index contributed by atoms with van der Waals surface area (Å²) in [6.07, 6.45) is 1.70. The van der Waals surface area contributed by atoms with Gasteiger partial charge in [-0.05, 0) is 29.8 Å². The van der Waals surface area contributed by atoms with Crippen LogP contribution in [-0.2, 0) is 6.54 Å². The minimum Gasteiger partial charge on any atom is -0.336 e. The SMILES string of the molecule is Fc1ccccc1-c1ccnc(N2CCSc3ccccc3C2)n1. The molecule has 2 heterocycles. The van der Waals surface area contributed by atoms with E-state index in [1.807, 2.05) is 17.8 Å². The molecule has 0 saturated heterocycles. The Morgan fingerprint density at radius 2 is 1.83 bits per heavy atom. The van der Waals surface area contributed by atoms with Crippen LogP contribution in [0.15, 0.2) is 65.7 Å². The van der Waals surface area contributed by atoms with E-state index in [1.165, 1.54) is 16.5 Å². The van der Waals surface area contributed by atoms with Crippen LogP contribution in [0.2, 0.25) is 0 Å². The van der Waals surface area contributed by atoms with E-state index < -0.39 is 0 Å². The first kappa shape index (κ1) is 15.1. The molecule has 4 rings (SSSR count). The maximum atomic E-state index is 14.0. The Morgan fingerprint density at radius 1 is 1.00 bits per heavy atom. The van der Waals surface area contributed by atoms with Gasteiger partial charge in [0.05, 0.1) is 5.69 Å². The van der Waals surface area contributed by atoms with Crippen LogP contribution in [0.5, 0.6) is 0 Å². The Hall–Kier alpha value is -2.40. The minimum atomic E-state index is -0.265. The van der Waals surface area contributed by atoms with Crippen molar-refractivity contribution < 1.29 is 4.39 Å². The molecule has 3 aromatic rings. The van der Waals surface area contributed by atoms with Crippen molar-refractivity contribution >= 4 is 17.7 Å². The minimum absolute atomic E-state index is 0.265. The molecular formula is C19H16FN3S. The number of benzene rings is 2. The van der Waals surface area contributed by atoms with Crippen molar-refractivity contribution in [3.63, 3.8) is 0 Å². The molecule has 0 bridgehead atoms. The second-order valence-electron chi connectivity index (χ2n) is 5.60. The van der Waals surface area contributed by atoms with E-state index in [2.05, 4.69) is 39.1 Å². The molecule has 5 heteroatoms. The van der Waals surface area contributed by atoms with Crippen LogP contribution in [-0.4, -0.2) is 22.3 Å². The lowest BCUT2D eigenvalue weighted by molar-refractivity contribution is 0.630. The topological polar surface area (TPSA) is 29.0 Å². The van der Waals surface area contributed by atoms with Gasteiger partial charge in [-0.3, -0.25) is 0 Å². The lowest BCUT2D eigenvalue weighted by Gasteiger charge is -2.20. The molecule has 120 valence electrons. The molecular weight excluding hydrogens is 321 g/mol. The molecule has 0 aliphatic carbocycles. The molecule has 1 aliphatic heterocycles. The Morgan fingerprint density at radius 3 is 2.75 bits per heavy atom. The van der Waals surface area contributed by atoms with Crippen molar-refractivity contribution in [2.75, 3.05) is 17.2 Å². The van der Waals surface area contributed by atoms with Gasteiger partial charge in [0.15, 0.2) is 0 Å². The van der Waals surface area contributed by atoms with Crippen molar-refractivity contribution in [1.82, 2.24) is 9.97 Å². The zero-order chi connectivity index (χ0) is 16.4. The van der Waals surface area contributed by atoms with Gasteiger partial charge in [-0.25, -0.2) is 14.4 Å². The maximum Gasteiger partial charge on any atom is 0.226 e. The van der Waals surface area contributed by atoms with E-state index in [1.54, 1.807) is 24.4 Å². The number of anilines is 1. The van der Waals surface area contributed by atoms with Gasteiger partial charge in [0, 0.05) is 35.5 Å². The smallest absolute Gasteiger partial charge is 0.226 e. The van der Waals surface area contributed by atoms with Crippen LogP contribution in [0.25, 0.3) is 11.3 Å². The van der Waals surface area contributed by atoms with Gasteiger partial charge in [-0.1, -0.05) is 30.3 Å². The largest absolute Gasteiger partial charge is 0.336 e. The Labute approximate surface area is 144 Å². The first-order valence-electron chi connectivity index (χ1n) is 7.85. The molecule has 0 atom stereocenters. The van der Waals surface area contributed by atoms with E-state index in [0.29, 0.717) is 17.2 Å². The molecule has 0 spiro atoms. The monoisotopic (exact) mass is 337 g/mol. The Kier molecular flexibility index (Phi) is 4.17. The fourth-order valence-electron chi connectivity index (χ4n) is 2.82. The molecule has 0 fully saturated rings. The summed E-state index contributed by atoms with van der Waals surface area (Å²) in [6, 6.07) is 16.9. The molecule has 0 N–H and O–H groups in total. The average Bonchev–Trinajstić information content (AvgIpc) is 2.85. The van der Waals surface area contributed by atoms with Crippen molar-refractivity contribution in [3.8, 4) is 11.3 Å². The number of thioether (sulfide) groups is 1. The highest BCUT2D eigenvalue weighted by atomic mass is 32.2. The summed E-state index contributed by atoms with van der Waals surface area (Å²) in [7, 11) is 0. The van der Waals surface area contributed by atoms with Gasteiger partial charge in [0.1, 0.15) is 5.82 Å². The van der Waals surface area contributed by atoms with Crippen LogP contribution < -0.4 is 4.90 Å². The molecule has 3 nitrogen and oxygen atoms in total. The number of halogens is 1. The summed E-state index contributed by atoms with van der Waals surface area (Å²) in [6.45, 7) is 1.63. The Balaban J connectivity index is 1.68. The third-order valence-electron chi connectivity index (χ3n) is 4.03. The van der Waals surface area contributed by atoms with Gasteiger partial charge < -0.3 is 4.90 Å². The summed E-state index contributed by atoms with van der Waals surface area (Å²) >= 11 is 1.85. The van der Waals surface area contributed by atoms with Crippen LogP contribution in [0.4, 0.5) is 10.3 Å². The third kappa shape index (κ3) is 2.99. The van der Waals surface area contributed by atoms with E-state index in [4.69, 9.17) is 0 Å². The molecule has 0 amide bonds. The van der Waals surface area contributed by atoms with Crippen molar-refractivity contribution in [2.45, 2.75) is 11.4 Å². The van der Waals surface area contributed by atoms with E-state index in [9.17, 15) is 4.39 Å². The second kappa shape index (κ2) is 6.61. The number of fused-ring (bicyclic) bond motifs is 1. The maximum absolute atomic E-state index is 14.0. The van der Waals surface area contributed by atoms with Crippen molar-refractivity contribution in [3.05, 3.63) is 72.2 Å². The first-order chi connectivity index (χ1) is 11.8. The number of nitrogens with zero attached hydrogens (tertiary/aromatic N) is 3. The van der Waals surface area contributed by atoms with Crippen LogP contribution in [0, 0.1) is 5.82 Å². The van der Waals surface area contributed by atoms with Gasteiger partial charge in [-0.2, -0.15) is 0 Å². The third-order valence-corrected chi connectivity index (χ3v) is 5.12. The lowest BCUT2D eigenvalue weighted by atomic mass is 10.1. The summed E-state index contributed by atoms with van der Waals surface area (Å²) in [5.74, 6) is 1.36. The molecule has 0 unspecified atom stereocenters. The summed E-state index contributed by atoms with van der Waals surface area (Å²) in [5.41, 5.74) is 2.40. The van der Waals surface area contributed by atoms with Crippen LogP contribution >= 0.6 is 11.8 Å². The quantitative estimate of drug-likeness (QED) is 0.693. The zero-order valence-electron chi connectivity index (χ0n) is 13.0.